The minimum atomic E-state index is -3.47. The van der Waals surface area contributed by atoms with Crippen LogP contribution in [0.1, 0.15) is 0 Å². The number of aromatic nitrogens is 3. The first-order valence-corrected chi connectivity index (χ1v) is 11.4. The van der Waals surface area contributed by atoms with Crippen LogP contribution < -0.4 is 15.4 Å². The minimum Gasteiger partial charge on any atom is -0.497 e. The van der Waals surface area contributed by atoms with Gasteiger partial charge in [-0.15, -0.1) is 0 Å². The Morgan fingerprint density at radius 2 is 1.88 bits per heavy atom. The van der Waals surface area contributed by atoms with Crippen LogP contribution in [-0.2, 0) is 9.84 Å². The van der Waals surface area contributed by atoms with Gasteiger partial charge in [0.25, 0.3) is 0 Å². The van der Waals surface area contributed by atoms with Crippen molar-refractivity contribution in [2.24, 2.45) is 0 Å². The van der Waals surface area contributed by atoms with E-state index in [1.54, 1.807) is 42.1 Å². The zero-order valence-electron chi connectivity index (χ0n) is 17.2. The Kier molecular flexibility index (Phi) is 6.04. The predicted molar refractivity (Wildman–Crippen MR) is 120 cm³/mol. The van der Waals surface area contributed by atoms with Crippen molar-refractivity contribution in [3.8, 4) is 17.0 Å². The maximum atomic E-state index is 12.3. The molecule has 4 rings (SSSR count). The van der Waals surface area contributed by atoms with Crippen molar-refractivity contribution in [3.05, 3.63) is 72.9 Å². The van der Waals surface area contributed by atoms with E-state index in [-0.39, 0.29) is 17.2 Å². The molecule has 9 nitrogen and oxygen atoms in total. The molecule has 32 heavy (non-hydrogen) atoms. The van der Waals surface area contributed by atoms with Crippen LogP contribution in [0.5, 0.6) is 5.75 Å². The van der Waals surface area contributed by atoms with Gasteiger partial charge in [-0.05, 0) is 36.4 Å². The number of fused-ring (bicyclic) bond motifs is 1. The van der Waals surface area contributed by atoms with E-state index in [2.05, 4.69) is 20.7 Å². The molecule has 0 unspecified atom stereocenters. The van der Waals surface area contributed by atoms with Crippen LogP contribution in [-0.4, -0.2) is 48.5 Å². The molecule has 0 bridgehead atoms. The lowest BCUT2D eigenvalue weighted by atomic mass is 10.1. The zero-order chi connectivity index (χ0) is 22.6. The quantitative estimate of drug-likeness (QED) is 0.446. The van der Waals surface area contributed by atoms with E-state index < -0.39 is 15.9 Å². The second-order valence-electron chi connectivity index (χ2n) is 6.89. The van der Waals surface area contributed by atoms with Gasteiger partial charge in [0.15, 0.2) is 21.3 Å². The van der Waals surface area contributed by atoms with Crippen molar-refractivity contribution < 1.29 is 17.9 Å². The van der Waals surface area contributed by atoms with E-state index in [4.69, 9.17) is 4.74 Å². The Hall–Kier alpha value is -3.92. The number of ether oxygens (including phenoxy) is 1. The Morgan fingerprint density at radius 3 is 2.66 bits per heavy atom. The molecule has 10 heteroatoms. The highest BCUT2D eigenvalue weighted by molar-refractivity contribution is 7.91. The first-order valence-electron chi connectivity index (χ1n) is 9.78. The lowest BCUT2D eigenvalue weighted by Gasteiger charge is -2.06. The fourth-order valence-corrected chi connectivity index (χ4v) is 4.26. The van der Waals surface area contributed by atoms with Gasteiger partial charge in [0, 0.05) is 12.1 Å². The summed E-state index contributed by atoms with van der Waals surface area (Å²) in [5.41, 5.74) is 2.15. The van der Waals surface area contributed by atoms with Gasteiger partial charge >= 0.3 is 6.03 Å². The van der Waals surface area contributed by atoms with Crippen LogP contribution in [0.3, 0.4) is 0 Å². The van der Waals surface area contributed by atoms with E-state index in [0.29, 0.717) is 11.5 Å². The second-order valence-corrected chi connectivity index (χ2v) is 9.00. The van der Waals surface area contributed by atoms with Crippen LogP contribution in [0, 0.1) is 0 Å². The van der Waals surface area contributed by atoms with Crippen LogP contribution >= 0.6 is 0 Å². The summed E-state index contributed by atoms with van der Waals surface area (Å²) in [6.45, 7) is -0.0331. The Bertz CT molecular complexity index is 1350. The number of carbonyl (C=O) groups is 1. The van der Waals surface area contributed by atoms with Crippen molar-refractivity contribution >= 4 is 27.3 Å². The van der Waals surface area contributed by atoms with E-state index in [1.165, 1.54) is 12.1 Å². The summed E-state index contributed by atoms with van der Waals surface area (Å²) in [7, 11) is -1.86. The van der Waals surface area contributed by atoms with Gasteiger partial charge in [-0.2, -0.15) is 5.10 Å². The van der Waals surface area contributed by atoms with Crippen molar-refractivity contribution in [1.29, 1.82) is 0 Å². The molecule has 2 N–H and O–H groups in total. The highest BCUT2D eigenvalue weighted by Crippen LogP contribution is 2.22. The number of carbonyl (C=O) groups excluding carboxylic acids is 1. The van der Waals surface area contributed by atoms with Crippen LogP contribution in [0.25, 0.3) is 16.9 Å². The Balaban J connectivity index is 1.39. The lowest BCUT2D eigenvalue weighted by Crippen LogP contribution is -2.32. The van der Waals surface area contributed by atoms with Gasteiger partial charge in [0.2, 0.25) is 0 Å². The van der Waals surface area contributed by atoms with Crippen molar-refractivity contribution in [1.82, 2.24) is 19.9 Å². The number of sulfone groups is 1. The summed E-state index contributed by atoms with van der Waals surface area (Å²) in [5.74, 6) is 0.813. The molecule has 0 saturated heterocycles. The summed E-state index contributed by atoms with van der Waals surface area (Å²) in [5, 5.41) is 9.66. The summed E-state index contributed by atoms with van der Waals surface area (Å²) >= 11 is 0. The first kappa shape index (κ1) is 21.3. The molecule has 2 amide bonds. The molecule has 0 aliphatic rings. The van der Waals surface area contributed by atoms with E-state index in [1.807, 2.05) is 30.3 Å². The molecule has 0 saturated carbocycles. The molecular weight excluding hydrogens is 430 g/mol. The van der Waals surface area contributed by atoms with E-state index >= 15 is 0 Å². The number of methoxy groups -OCH3 is 1. The molecular formula is C22H21N5O4S. The van der Waals surface area contributed by atoms with Crippen molar-refractivity contribution in [2.45, 2.75) is 4.90 Å². The summed E-state index contributed by atoms with van der Waals surface area (Å²) in [6, 6.07) is 18.7. The van der Waals surface area contributed by atoms with Gasteiger partial charge < -0.3 is 10.1 Å². The van der Waals surface area contributed by atoms with Crippen LogP contribution in [0.2, 0.25) is 0 Å². The number of nitrogens with zero attached hydrogens (tertiary/aromatic N) is 3. The molecule has 0 aliphatic carbocycles. The number of benzene rings is 2. The molecule has 2 aromatic carbocycles. The normalized spacial score (nSPS) is 11.3. The zero-order valence-corrected chi connectivity index (χ0v) is 18.0. The highest BCUT2D eigenvalue weighted by atomic mass is 32.2. The molecule has 0 radical (unpaired) electrons. The number of amides is 2. The fourth-order valence-electron chi connectivity index (χ4n) is 3.08. The predicted octanol–water partition coefficient (Wildman–Crippen LogP) is 3.00. The SMILES string of the molecule is COc1cccc(-c2ccc3nc(NC(=O)NCCS(=O)(=O)c4ccccc4)cn3n2)c1. The average molecular weight is 452 g/mol. The standard InChI is InChI=1S/C22H21N5O4S/c1-31-17-7-5-6-16(14-17)19-10-11-21-24-20(15-27(21)26-19)25-22(28)23-12-13-32(29,30)18-8-3-2-4-9-18/h2-11,14-15H,12-13H2,1H3,(H2,23,25,28). The number of hydrogen-bond donors (Lipinski definition) is 2. The second kappa shape index (κ2) is 9.06. The molecule has 4 aromatic rings. The molecule has 0 spiro atoms. The smallest absolute Gasteiger partial charge is 0.320 e. The molecule has 164 valence electrons. The van der Waals surface area contributed by atoms with Gasteiger partial charge in [0.1, 0.15) is 5.75 Å². The number of anilines is 1. The van der Waals surface area contributed by atoms with Crippen molar-refractivity contribution in [2.75, 3.05) is 24.7 Å². The third-order valence-corrected chi connectivity index (χ3v) is 6.42. The van der Waals surface area contributed by atoms with E-state index in [0.717, 1.165) is 17.0 Å². The number of nitrogens with one attached hydrogen (secondary N) is 2. The molecule has 0 atom stereocenters. The van der Waals surface area contributed by atoms with E-state index in [9.17, 15) is 13.2 Å². The first-order chi connectivity index (χ1) is 15.4. The minimum absolute atomic E-state index is 0.0331. The van der Waals surface area contributed by atoms with Crippen LogP contribution in [0.15, 0.2) is 77.8 Å². The molecule has 0 aliphatic heterocycles. The number of rotatable bonds is 7. The van der Waals surface area contributed by atoms with Crippen molar-refractivity contribution in [3.63, 3.8) is 0 Å². The highest BCUT2D eigenvalue weighted by Gasteiger charge is 2.14. The third kappa shape index (κ3) is 4.86. The number of imidazole rings is 1. The summed E-state index contributed by atoms with van der Waals surface area (Å²) < 4.78 is 31.4. The monoisotopic (exact) mass is 451 g/mol. The lowest BCUT2D eigenvalue weighted by molar-refractivity contribution is 0.252. The Labute approximate surface area is 185 Å². The number of hydrogen-bond acceptors (Lipinski definition) is 6. The molecule has 2 heterocycles. The summed E-state index contributed by atoms with van der Waals surface area (Å²) in [4.78, 5) is 16.7. The van der Waals surface area contributed by atoms with Gasteiger partial charge in [-0.25, -0.2) is 22.7 Å². The molecule has 0 fully saturated rings. The third-order valence-electron chi connectivity index (χ3n) is 4.69. The number of urea groups is 1. The molecule has 2 aromatic heterocycles. The van der Waals surface area contributed by atoms with Crippen LogP contribution in [0.4, 0.5) is 10.6 Å². The topological polar surface area (TPSA) is 115 Å². The Morgan fingerprint density at radius 1 is 1.06 bits per heavy atom. The fraction of sp³-hybridized carbons (Fsp3) is 0.136. The largest absolute Gasteiger partial charge is 0.497 e. The maximum absolute atomic E-state index is 12.3. The van der Waals surface area contributed by atoms with Gasteiger partial charge in [-0.1, -0.05) is 30.3 Å². The van der Waals surface area contributed by atoms with Gasteiger partial charge in [-0.3, -0.25) is 5.32 Å². The average Bonchev–Trinajstić information content (AvgIpc) is 3.21. The maximum Gasteiger partial charge on any atom is 0.320 e. The van der Waals surface area contributed by atoms with Gasteiger partial charge in [0.05, 0.1) is 29.6 Å². The summed E-state index contributed by atoms with van der Waals surface area (Å²) in [6.07, 6.45) is 1.58.